The molecule has 1 aromatic heterocycles. The number of hydrogen-bond acceptors (Lipinski definition) is 2. The fourth-order valence-corrected chi connectivity index (χ4v) is 2.34. The maximum Gasteiger partial charge on any atom is 0.193 e. The van der Waals surface area contributed by atoms with Gasteiger partial charge in [0.1, 0.15) is 11.3 Å². The van der Waals surface area contributed by atoms with Crippen LogP contribution in [0.1, 0.15) is 25.5 Å². The van der Waals surface area contributed by atoms with Gasteiger partial charge in [0.15, 0.2) is 5.96 Å². The van der Waals surface area contributed by atoms with E-state index in [1.54, 1.807) is 0 Å². The summed E-state index contributed by atoms with van der Waals surface area (Å²) in [4.78, 5) is 6.48. The second kappa shape index (κ2) is 9.71. The number of para-hydroxylation sites is 1. The first-order valence-electron chi connectivity index (χ1n) is 7.64. The number of nitrogens with zero attached hydrogens (tertiary/aromatic N) is 2. The number of furan rings is 1. The molecule has 4 nitrogen and oxygen atoms in total. The average Bonchev–Trinajstić information content (AvgIpc) is 2.91. The van der Waals surface area contributed by atoms with E-state index in [2.05, 4.69) is 41.3 Å². The summed E-state index contributed by atoms with van der Waals surface area (Å²) < 4.78 is 5.82. The van der Waals surface area contributed by atoms with Gasteiger partial charge in [-0.3, -0.25) is 4.99 Å². The molecule has 0 fully saturated rings. The van der Waals surface area contributed by atoms with Crippen LogP contribution in [-0.2, 0) is 6.42 Å². The Morgan fingerprint density at radius 2 is 2.09 bits per heavy atom. The van der Waals surface area contributed by atoms with Crippen molar-refractivity contribution in [3.05, 3.63) is 36.1 Å². The van der Waals surface area contributed by atoms with Crippen LogP contribution in [0.3, 0.4) is 0 Å². The Balaban J connectivity index is 0.00000242. The van der Waals surface area contributed by atoms with Crippen molar-refractivity contribution in [2.75, 3.05) is 27.2 Å². The van der Waals surface area contributed by atoms with Crippen LogP contribution in [0, 0.1) is 0 Å². The second-order valence-electron chi connectivity index (χ2n) is 5.25. The van der Waals surface area contributed by atoms with Gasteiger partial charge in [-0.1, -0.05) is 31.5 Å². The first-order chi connectivity index (χ1) is 10.2. The van der Waals surface area contributed by atoms with E-state index in [0.29, 0.717) is 0 Å². The Morgan fingerprint density at radius 1 is 1.32 bits per heavy atom. The number of rotatable bonds is 6. The molecule has 5 heteroatoms. The zero-order valence-electron chi connectivity index (χ0n) is 13.6. The summed E-state index contributed by atoms with van der Waals surface area (Å²) >= 11 is 0. The SMILES string of the molecule is CCCCN(C)C(=NC)NCCc1cc2ccccc2o1.I. The van der Waals surface area contributed by atoms with Crippen molar-refractivity contribution in [1.29, 1.82) is 0 Å². The molecular weight excluding hydrogens is 389 g/mol. The molecule has 22 heavy (non-hydrogen) atoms. The molecule has 0 spiro atoms. The van der Waals surface area contributed by atoms with Crippen molar-refractivity contribution < 1.29 is 4.42 Å². The van der Waals surface area contributed by atoms with Crippen LogP contribution >= 0.6 is 24.0 Å². The van der Waals surface area contributed by atoms with E-state index in [9.17, 15) is 0 Å². The van der Waals surface area contributed by atoms with Crippen LogP contribution in [0.15, 0.2) is 39.7 Å². The van der Waals surface area contributed by atoms with E-state index in [0.717, 1.165) is 42.2 Å². The van der Waals surface area contributed by atoms with Gasteiger partial charge in [-0.05, 0) is 18.6 Å². The van der Waals surface area contributed by atoms with Crippen molar-refractivity contribution in [3.8, 4) is 0 Å². The third kappa shape index (κ3) is 5.19. The van der Waals surface area contributed by atoms with Gasteiger partial charge in [0.2, 0.25) is 0 Å². The molecule has 0 atom stereocenters. The molecular formula is C17H26IN3O. The fraction of sp³-hybridized carbons (Fsp3) is 0.471. The number of aliphatic imine (C=N–C) groups is 1. The number of benzene rings is 1. The van der Waals surface area contributed by atoms with Gasteiger partial charge < -0.3 is 14.6 Å². The number of nitrogens with one attached hydrogen (secondary N) is 1. The Labute approximate surface area is 150 Å². The maximum atomic E-state index is 5.82. The lowest BCUT2D eigenvalue weighted by Crippen LogP contribution is -2.40. The smallest absolute Gasteiger partial charge is 0.193 e. The number of hydrogen-bond donors (Lipinski definition) is 1. The van der Waals surface area contributed by atoms with Gasteiger partial charge in [-0.15, -0.1) is 24.0 Å². The standard InChI is InChI=1S/C17H25N3O.HI/c1-4-5-12-20(3)17(18-2)19-11-10-15-13-14-8-6-7-9-16(14)21-15;/h6-9,13H,4-5,10-12H2,1-3H3,(H,18,19);1H. The number of halogens is 1. The van der Waals surface area contributed by atoms with Crippen LogP contribution < -0.4 is 5.32 Å². The average molecular weight is 415 g/mol. The highest BCUT2D eigenvalue weighted by molar-refractivity contribution is 14.0. The van der Waals surface area contributed by atoms with Crippen molar-refractivity contribution in [1.82, 2.24) is 10.2 Å². The predicted molar refractivity (Wildman–Crippen MR) is 104 cm³/mol. The van der Waals surface area contributed by atoms with Gasteiger partial charge >= 0.3 is 0 Å². The van der Waals surface area contributed by atoms with Crippen LogP contribution in [0.4, 0.5) is 0 Å². The van der Waals surface area contributed by atoms with E-state index in [4.69, 9.17) is 4.42 Å². The van der Waals surface area contributed by atoms with Gasteiger partial charge in [0.05, 0.1) is 0 Å². The van der Waals surface area contributed by atoms with E-state index >= 15 is 0 Å². The minimum atomic E-state index is 0. The minimum Gasteiger partial charge on any atom is -0.461 e. The minimum absolute atomic E-state index is 0. The molecule has 0 aliphatic heterocycles. The molecule has 0 aliphatic rings. The van der Waals surface area contributed by atoms with Crippen molar-refractivity contribution in [3.63, 3.8) is 0 Å². The summed E-state index contributed by atoms with van der Waals surface area (Å²) in [6, 6.07) is 10.2. The molecule has 0 aliphatic carbocycles. The Bertz CT molecular complexity index is 561. The first-order valence-corrected chi connectivity index (χ1v) is 7.64. The number of fused-ring (bicyclic) bond motifs is 1. The van der Waals surface area contributed by atoms with Gasteiger partial charge in [-0.25, -0.2) is 0 Å². The summed E-state index contributed by atoms with van der Waals surface area (Å²) in [6.45, 7) is 4.05. The largest absolute Gasteiger partial charge is 0.461 e. The third-order valence-corrected chi connectivity index (χ3v) is 3.55. The zero-order chi connectivity index (χ0) is 15.1. The number of unbranched alkanes of at least 4 members (excludes halogenated alkanes) is 1. The lowest BCUT2D eigenvalue weighted by molar-refractivity contribution is 0.462. The van der Waals surface area contributed by atoms with E-state index < -0.39 is 0 Å². The summed E-state index contributed by atoms with van der Waals surface area (Å²) in [5.74, 6) is 1.95. The van der Waals surface area contributed by atoms with E-state index in [1.807, 2.05) is 25.2 Å². The van der Waals surface area contributed by atoms with Crippen molar-refractivity contribution >= 4 is 40.9 Å². The Kier molecular flexibility index (Phi) is 8.30. The third-order valence-electron chi connectivity index (χ3n) is 3.55. The molecule has 0 bridgehead atoms. The van der Waals surface area contributed by atoms with Crippen LogP contribution in [0.5, 0.6) is 0 Å². The topological polar surface area (TPSA) is 40.8 Å². The number of guanidine groups is 1. The summed E-state index contributed by atoms with van der Waals surface area (Å²) in [7, 11) is 3.90. The summed E-state index contributed by atoms with van der Waals surface area (Å²) in [6.07, 6.45) is 3.23. The molecule has 1 heterocycles. The molecule has 1 N–H and O–H groups in total. The molecule has 122 valence electrons. The summed E-state index contributed by atoms with van der Waals surface area (Å²) in [5.41, 5.74) is 0.956. The molecule has 1 aromatic carbocycles. The van der Waals surface area contributed by atoms with Crippen molar-refractivity contribution in [2.24, 2.45) is 4.99 Å². The highest BCUT2D eigenvalue weighted by atomic mass is 127. The molecule has 0 saturated carbocycles. The first kappa shape index (κ1) is 18.8. The monoisotopic (exact) mass is 415 g/mol. The second-order valence-corrected chi connectivity index (χ2v) is 5.25. The van der Waals surface area contributed by atoms with Crippen LogP contribution in [0.2, 0.25) is 0 Å². The molecule has 0 unspecified atom stereocenters. The van der Waals surface area contributed by atoms with Crippen LogP contribution in [-0.4, -0.2) is 38.0 Å². The lowest BCUT2D eigenvalue weighted by Gasteiger charge is -2.21. The fourth-order valence-electron chi connectivity index (χ4n) is 2.34. The van der Waals surface area contributed by atoms with Crippen molar-refractivity contribution in [2.45, 2.75) is 26.2 Å². The zero-order valence-corrected chi connectivity index (χ0v) is 16.0. The molecule has 2 rings (SSSR count). The quantitative estimate of drug-likeness (QED) is 0.442. The molecule has 2 aromatic rings. The summed E-state index contributed by atoms with van der Waals surface area (Å²) in [5, 5.41) is 4.55. The molecule has 0 radical (unpaired) electrons. The highest BCUT2D eigenvalue weighted by Crippen LogP contribution is 2.18. The van der Waals surface area contributed by atoms with E-state index in [1.165, 1.54) is 12.8 Å². The highest BCUT2D eigenvalue weighted by Gasteiger charge is 2.06. The normalized spacial score (nSPS) is 11.3. The molecule has 0 saturated heterocycles. The van der Waals surface area contributed by atoms with Gasteiger partial charge in [0, 0.05) is 39.0 Å². The lowest BCUT2D eigenvalue weighted by atomic mass is 10.2. The van der Waals surface area contributed by atoms with Gasteiger partial charge in [-0.2, -0.15) is 0 Å². The maximum absolute atomic E-state index is 5.82. The Hall–Kier alpha value is -1.24. The van der Waals surface area contributed by atoms with Crippen LogP contribution in [0.25, 0.3) is 11.0 Å². The Morgan fingerprint density at radius 3 is 2.77 bits per heavy atom. The van der Waals surface area contributed by atoms with Gasteiger partial charge in [0.25, 0.3) is 0 Å². The van der Waals surface area contributed by atoms with E-state index in [-0.39, 0.29) is 24.0 Å². The predicted octanol–water partition coefficient (Wildman–Crippen LogP) is 3.90. The molecule has 0 amide bonds.